The van der Waals surface area contributed by atoms with E-state index in [0.29, 0.717) is 18.9 Å². The van der Waals surface area contributed by atoms with Gasteiger partial charge in [-0.3, -0.25) is 0 Å². The van der Waals surface area contributed by atoms with Gasteiger partial charge in [-0.2, -0.15) is 15.2 Å². The molecule has 0 radical (unpaired) electrons. The Morgan fingerprint density at radius 1 is 1.05 bits per heavy atom. The third-order valence-electron chi connectivity index (χ3n) is 2.70. The van der Waals surface area contributed by atoms with Gasteiger partial charge < -0.3 is 14.4 Å². The fourth-order valence-corrected chi connectivity index (χ4v) is 1.75. The van der Waals surface area contributed by atoms with Crippen molar-refractivity contribution >= 4 is 11.6 Å². The largest absolute Gasteiger partial charge is 0.467 e. The van der Waals surface area contributed by atoms with E-state index in [1.807, 2.05) is 35.2 Å². The first kappa shape index (κ1) is 14.5. The average molecular weight is 285 g/mol. The summed E-state index contributed by atoms with van der Waals surface area (Å²) in [7, 11) is 2.95. The topological polar surface area (TPSA) is 84.2 Å². The van der Waals surface area contributed by atoms with Gasteiger partial charge in [-0.25, -0.2) is 0 Å². The van der Waals surface area contributed by atoms with Crippen molar-refractivity contribution in [2.75, 3.05) is 25.7 Å². The first-order valence-electron chi connectivity index (χ1n) is 6.32. The van der Waals surface area contributed by atoms with Crippen LogP contribution in [0.2, 0.25) is 0 Å². The van der Waals surface area contributed by atoms with Crippen LogP contribution in [0.1, 0.15) is 6.42 Å². The van der Waals surface area contributed by atoms with Crippen LogP contribution in [-0.4, -0.2) is 35.7 Å². The number of hydrogen-bond donors (Lipinski definition) is 0. The number of nitriles is 1. The summed E-state index contributed by atoms with van der Waals surface area (Å²) in [5.41, 5.74) is 0.878. The van der Waals surface area contributed by atoms with Gasteiger partial charge in [-0.05, 0) is 12.1 Å². The normalized spacial score (nSPS) is 9.76. The Bertz CT molecular complexity index is 605. The lowest BCUT2D eigenvalue weighted by atomic mass is 10.3. The predicted molar refractivity (Wildman–Crippen MR) is 76.6 cm³/mol. The summed E-state index contributed by atoms with van der Waals surface area (Å²) in [5, 5.41) is 8.83. The fourth-order valence-electron chi connectivity index (χ4n) is 1.75. The first-order chi connectivity index (χ1) is 10.3. The van der Waals surface area contributed by atoms with Crippen molar-refractivity contribution in [3.63, 3.8) is 0 Å². The van der Waals surface area contributed by atoms with Crippen molar-refractivity contribution in [2.45, 2.75) is 6.42 Å². The molecular formula is C14H15N5O2. The maximum absolute atomic E-state index is 8.83. The van der Waals surface area contributed by atoms with Crippen molar-refractivity contribution in [1.82, 2.24) is 15.0 Å². The molecule has 2 rings (SSSR count). The molecule has 0 atom stereocenters. The van der Waals surface area contributed by atoms with Crippen molar-refractivity contribution in [3.8, 4) is 18.1 Å². The number of methoxy groups -OCH3 is 2. The van der Waals surface area contributed by atoms with Crippen LogP contribution < -0.4 is 14.4 Å². The van der Waals surface area contributed by atoms with E-state index in [4.69, 9.17) is 14.7 Å². The maximum Gasteiger partial charge on any atom is 0.324 e. The third-order valence-corrected chi connectivity index (χ3v) is 2.70. The van der Waals surface area contributed by atoms with Crippen LogP contribution >= 0.6 is 0 Å². The zero-order valence-electron chi connectivity index (χ0n) is 11.9. The van der Waals surface area contributed by atoms with E-state index in [1.165, 1.54) is 14.2 Å². The summed E-state index contributed by atoms with van der Waals surface area (Å²) in [6, 6.07) is 12.0. The monoisotopic (exact) mass is 285 g/mol. The molecule has 0 N–H and O–H groups in total. The standard InChI is InChI=1S/C14H15N5O2/c1-20-13-16-12(17-14(18-13)21-2)19(10-6-9-15)11-7-4-3-5-8-11/h3-5,7-8H,6,10H2,1-2H3. The molecule has 0 amide bonds. The minimum atomic E-state index is 0.162. The molecule has 0 aliphatic heterocycles. The number of benzene rings is 1. The summed E-state index contributed by atoms with van der Waals surface area (Å²) in [6.07, 6.45) is 0.339. The Labute approximate surface area is 122 Å². The van der Waals surface area contributed by atoms with Crippen molar-refractivity contribution in [1.29, 1.82) is 5.26 Å². The van der Waals surface area contributed by atoms with E-state index in [0.717, 1.165) is 5.69 Å². The zero-order chi connectivity index (χ0) is 15.1. The van der Waals surface area contributed by atoms with Crippen LogP contribution in [0.5, 0.6) is 12.0 Å². The molecule has 1 aromatic carbocycles. The van der Waals surface area contributed by atoms with Crippen LogP contribution in [0.25, 0.3) is 0 Å². The summed E-state index contributed by atoms with van der Waals surface area (Å²) < 4.78 is 10.1. The van der Waals surface area contributed by atoms with Crippen molar-refractivity contribution in [3.05, 3.63) is 30.3 Å². The lowest BCUT2D eigenvalue weighted by Crippen LogP contribution is -2.21. The van der Waals surface area contributed by atoms with E-state index in [1.54, 1.807) is 0 Å². The van der Waals surface area contributed by atoms with E-state index in [9.17, 15) is 0 Å². The SMILES string of the molecule is COc1nc(OC)nc(N(CCC#N)c2ccccc2)n1. The van der Waals surface area contributed by atoms with E-state index < -0.39 is 0 Å². The average Bonchev–Trinajstić information content (AvgIpc) is 2.55. The lowest BCUT2D eigenvalue weighted by molar-refractivity contribution is 0.340. The molecule has 0 bridgehead atoms. The summed E-state index contributed by atoms with van der Waals surface area (Å²) >= 11 is 0. The number of aromatic nitrogens is 3. The molecule has 7 heteroatoms. The van der Waals surface area contributed by atoms with Crippen molar-refractivity contribution in [2.24, 2.45) is 0 Å². The van der Waals surface area contributed by atoms with Gasteiger partial charge in [0.05, 0.1) is 26.7 Å². The predicted octanol–water partition coefficient (Wildman–Crippen LogP) is 1.94. The minimum absolute atomic E-state index is 0.162. The van der Waals surface area contributed by atoms with E-state index >= 15 is 0 Å². The van der Waals surface area contributed by atoms with Gasteiger partial charge in [0.25, 0.3) is 0 Å². The summed E-state index contributed by atoms with van der Waals surface area (Å²) in [6.45, 7) is 0.455. The van der Waals surface area contributed by atoms with Crippen LogP contribution in [0.3, 0.4) is 0 Å². The Balaban J connectivity index is 2.43. The van der Waals surface area contributed by atoms with Crippen LogP contribution in [0.4, 0.5) is 11.6 Å². The summed E-state index contributed by atoms with van der Waals surface area (Å²) in [5.74, 6) is 0.375. The van der Waals surface area contributed by atoms with Crippen LogP contribution in [0.15, 0.2) is 30.3 Å². The fraction of sp³-hybridized carbons (Fsp3) is 0.286. The lowest BCUT2D eigenvalue weighted by Gasteiger charge is -2.21. The number of ether oxygens (including phenoxy) is 2. The molecule has 1 aromatic heterocycles. The van der Waals surface area contributed by atoms with Gasteiger partial charge in [0.1, 0.15) is 0 Å². The zero-order valence-corrected chi connectivity index (χ0v) is 11.9. The molecule has 0 aliphatic rings. The molecule has 7 nitrogen and oxygen atoms in total. The highest BCUT2D eigenvalue weighted by Crippen LogP contribution is 2.24. The molecule has 0 fully saturated rings. The Hall–Kier alpha value is -2.88. The van der Waals surface area contributed by atoms with Gasteiger partial charge in [0.15, 0.2) is 0 Å². The minimum Gasteiger partial charge on any atom is -0.467 e. The third kappa shape index (κ3) is 3.57. The number of para-hydroxylation sites is 1. The number of rotatable bonds is 6. The van der Waals surface area contributed by atoms with Gasteiger partial charge in [0, 0.05) is 12.2 Å². The molecule has 0 unspecified atom stereocenters. The van der Waals surface area contributed by atoms with Crippen LogP contribution in [0, 0.1) is 11.3 Å². The Morgan fingerprint density at radius 3 is 2.19 bits per heavy atom. The molecule has 108 valence electrons. The Morgan fingerprint density at radius 2 is 1.67 bits per heavy atom. The van der Waals surface area contributed by atoms with Gasteiger partial charge in [0.2, 0.25) is 5.95 Å². The second-order valence-electron chi connectivity index (χ2n) is 4.00. The van der Waals surface area contributed by atoms with Gasteiger partial charge >= 0.3 is 12.0 Å². The molecule has 0 saturated carbocycles. The second kappa shape index (κ2) is 7.05. The van der Waals surface area contributed by atoms with E-state index in [2.05, 4.69) is 21.0 Å². The summed E-state index contributed by atoms with van der Waals surface area (Å²) in [4.78, 5) is 14.2. The Kier molecular flexibility index (Phi) is 4.88. The smallest absolute Gasteiger partial charge is 0.324 e. The first-order valence-corrected chi connectivity index (χ1v) is 6.32. The quantitative estimate of drug-likeness (QED) is 0.801. The number of hydrogen-bond acceptors (Lipinski definition) is 7. The maximum atomic E-state index is 8.83. The van der Waals surface area contributed by atoms with Crippen molar-refractivity contribution < 1.29 is 9.47 Å². The van der Waals surface area contributed by atoms with Gasteiger partial charge in [-0.15, -0.1) is 4.98 Å². The highest BCUT2D eigenvalue weighted by atomic mass is 16.5. The second-order valence-corrected chi connectivity index (χ2v) is 4.00. The van der Waals surface area contributed by atoms with E-state index in [-0.39, 0.29) is 12.0 Å². The molecule has 0 spiro atoms. The molecule has 0 aliphatic carbocycles. The molecular weight excluding hydrogens is 270 g/mol. The highest BCUT2D eigenvalue weighted by Gasteiger charge is 2.16. The number of nitrogens with zero attached hydrogens (tertiary/aromatic N) is 5. The molecule has 0 saturated heterocycles. The van der Waals surface area contributed by atoms with Gasteiger partial charge in [-0.1, -0.05) is 18.2 Å². The van der Waals surface area contributed by atoms with Crippen LogP contribution in [-0.2, 0) is 0 Å². The number of anilines is 2. The molecule has 21 heavy (non-hydrogen) atoms. The highest BCUT2D eigenvalue weighted by molar-refractivity contribution is 5.57. The molecule has 1 heterocycles. The molecule has 2 aromatic rings.